The number of nitrogens with one attached hydrogen (secondary N) is 1. The van der Waals surface area contributed by atoms with Gasteiger partial charge in [-0.15, -0.1) is 0 Å². The van der Waals surface area contributed by atoms with Crippen LogP contribution in [0.1, 0.15) is 26.3 Å². The topological polar surface area (TPSA) is 144 Å². The highest BCUT2D eigenvalue weighted by atomic mass is 16.6. The summed E-state index contributed by atoms with van der Waals surface area (Å²) >= 11 is 0. The first-order chi connectivity index (χ1) is 14.2. The number of aromatic nitrogens is 1. The normalized spacial score (nSPS) is 16.5. The number of nitrogens with two attached hydrogens (primary N) is 1. The molecule has 0 saturated carbocycles. The highest BCUT2D eigenvalue weighted by Crippen LogP contribution is 2.34. The summed E-state index contributed by atoms with van der Waals surface area (Å²) in [4.78, 5) is 52.1. The molecule has 1 aromatic heterocycles. The highest BCUT2D eigenvalue weighted by Gasteiger charge is 2.33. The van der Waals surface area contributed by atoms with E-state index in [0.717, 1.165) is 23.7 Å². The first kappa shape index (κ1) is 19.6. The Morgan fingerprint density at radius 1 is 1.03 bits per heavy atom. The van der Waals surface area contributed by atoms with Crippen LogP contribution in [0.2, 0.25) is 0 Å². The van der Waals surface area contributed by atoms with Gasteiger partial charge in [0.2, 0.25) is 0 Å². The molecule has 0 aliphatic carbocycles. The summed E-state index contributed by atoms with van der Waals surface area (Å²) in [7, 11) is 1.98. The molecule has 2 aromatic rings. The minimum absolute atomic E-state index is 0.0681. The Labute approximate surface area is 170 Å². The number of amides is 2. The van der Waals surface area contributed by atoms with Gasteiger partial charge in [0.05, 0.1) is 21.7 Å². The molecule has 0 unspecified atom stereocenters. The molecule has 30 heavy (non-hydrogen) atoms. The fourth-order valence-corrected chi connectivity index (χ4v) is 3.89. The first-order valence-electron chi connectivity index (χ1n) is 9.33. The van der Waals surface area contributed by atoms with E-state index in [4.69, 9.17) is 5.73 Å². The summed E-state index contributed by atoms with van der Waals surface area (Å²) in [6.07, 6.45) is 0. The molecule has 3 heterocycles. The summed E-state index contributed by atoms with van der Waals surface area (Å²) in [6.45, 7) is 4.28. The minimum Gasteiger partial charge on any atom is -0.384 e. The largest absolute Gasteiger partial charge is 0.384 e. The number of rotatable bonds is 3. The lowest BCUT2D eigenvalue weighted by Gasteiger charge is -2.34. The number of nitrogens with zero attached hydrogens (tertiary/aromatic N) is 4. The number of aryl methyl sites for hydroxylation is 1. The van der Waals surface area contributed by atoms with E-state index in [2.05, 4.69) is 10.2 Å². The van der Waals surface area contributed by atoms with Crippen molar-refractivity contribution in [2.45, 2.75) is 6.92 Å². The van der Waals surface area contributed by atoms with Gasteiger partial charge in [0.25, 0.3) is 23.1 Å². The highest BCUT2D eigenvalue weighted by molar-refractivity contribution is 6.23. The van der Waals surface area contributed by atoms with Crippen molar-refractivity contribution in [1.82, 2.24) is 14.8 Å². The summed E-state index contributed by atoms with van der Waals surface area (Å²) in [5.74, 6) is -1.54. The van der Waals surface area contributed by atoms with Crippen molar-refractivity contribution in [3.63, 3.8) is 0 Å². The second-order valence-corrected chi connectivity index (χ2v) is 7.45. The Morgan fingerprint density at radius 3 is 2.33 bits per heavy atom. The van der Waals surface area contributed by atoms with Crippen LogP contribution >= 0.6 is 0 Å². The molecule has 2 aliphatic rings. The maximum absolute atomic E-state index is 12.8. The molecule has 1 fully saturated rings. The van der Waals surface area contributed by atoms with Crippen molar-refractivity contribution < 1.29 is 14.5 Å². The van der Waals surface area contributed by atoms with Gasteiger partial charge in [-0.2, -0.15) is 0 Å². The predicted molar refractivity (Wildman–Crippen MR) is 109 cm³/mol. The molecule has 0 bridgehead atoms. The number of imide groups is 1. The van der Waals surface area contributed by atoms with E-state index in [0.29, 0.717) is 30.0 Å². The van der Waals surface area contributed by atoms with Crippen LogP contribution in [0, 0.1) is 17.0 Å². The number of carbonyl (C=O) groups is 2. The molecule has 0 atom stereocenters. The van der Waals surface area contributed by atoms with Crippen LogP contribution in [0.5, 0.6) is 0 Å². The van der Waals surface area contributed by atoms with Crippen molar-refractivity contribution in [1.29, 1.82) is 0 Å². The number of piperazine rings is 1. The Balaban J connectivity index is 1.93. The zero-order valence-corrected chi connectivity index (χ0v) is 16.5. The van der Waals surface area contributed by atoms with Gasteiger partial charge in [-0.25, -0.2) is 0 Å². The molecule has 1 aromatic carbocycles. The van der Waals surface area contributed by atoms with Gasteiger partial charge in [0.1, 0.15) is 11.5 Å². The predicted octanol–water partition coefficient (Wildman–Crippen LogP) is 0.272. The molecular formula is C19H20N6O5. The van der Waals surface area contributed by atoms with Crippen LogP contribution in [-0.4, -0.2) is 59.4 Å². The molecule has 11 nitrogen and oxygen atoms in total. The molecule has 4 rings (SSSR count). The van der Waals surface area contributed by atoms with Crippen LogP contribution in [0.4, 0.5) is 17.2 Å². The van der Waals surface area contributed by atoms with E-state index in [9.17, 15) is 24.5 Å². The number of anilines is 2. The third-order valence-corrected chi connectivity index (χ3v) is 5.53. The van der Waals surface area contributed by atoms with E-state index in [1.807, 2.05) is 11.9 Å². The van der Waals surface area contributed by atoms with Crippen molar-refractivity contribution in [2.75, 3.05) is 43.9 Å². The lowest BCUT2D eigenvalue weighted by atomic mass is 10.1. The van der Waals surface area contributed by atoms with Gasteiger partial charge in [-0.1, -0.05) is 0 Å². The number of nitrogen functional groups attached to an aromatic ring is 1. The average molecular weight is 412 g/mol. The second kappa shape index (κ2) is 6.95. The second-order valence-electron chi connectivity index (χ2n) is 7.45. The molecular weight excluding hydrogens is 392 g/mol. The molecule has 1 saturated heterocycles. The van der Waals surface area contributed by atoms with E-state index in [1.165, 1.54) is 6.07 Å². The standard InChI is InChI=1S/C19H20N6O5/c1-10-7-14(25(29)30)13(23-5-3-22(2)4-6-23)9-12(10)24-15(26)8-11-16(17(24)20)19(28)21-18(11)27/h7-9H,3-6,20H2,1-2H3,(H,21,27,28). The molecule has 2 amide bonds. The number of fused-ring (bicyclic) bond motifs is 1. The molecule has 156 valence electrons. The quantitative estimate of drug-likeness (QED) is 0.415. The Hall–Kier alpha value is -3.73. The monoisotopic (exact) mass is 412 g/mol. The number of nitro groups is 1. The average Bonchev–Trinajstić information content (AvgIpc) is 2.96. The number of nitro benzene ring substituents is 1. The van der Waals surface area contributed by atoms with Gasteiger partial charge < -0.3 is 15.5 Å². The molecule has 11 heteroatoms. The Bertz CT molecular complexity index is 1160. The third-order valence-electron chi connectivity index (χ3n) is 5.53. The SMILES string of the molecule is Cc1cc([N+](=O)[O-])c(N2CCN(C)CC2)cc1-n1c(N)c2c(cc1=O)C(=O)NC2=O. The van der Waals surface area contributed by atoms with E-state index in [-0.39, 0.29) is 22.6 Å². The van der Waals surface area contributed by atoms with Crippen LogP contribution in [-0.2, 0) is 0 Å². The molecule has 0 spiro atoms. The summed E-state index contributed by atoms with van der Waals surface area (Å²) < 4.78 is 1.12. The lowest BCUT2D eigenvalue weighted by molar-refractivity contribution is -0.384. The fourth-order valence-electron chi connectivity index (χ4n) is 3.89. The van der Waals surface area contributed by atoms with Crippen molar-refractivity contribution in [2.24, 2.45) is 0 Å². The van der Waals surface area contributed by atoms with Gasteiger partial charge in [-0.3, -0.25) is 34.4 Å². The maximum Gasteiger partial charge on any atom is 0.292 e. The molecule has 3 N–H and O–H groups in total. The number of benzene rings is 1. The van der Waals surface area contributed by atoms with Gasteiger partial charge in [0, 0.05) is 38.3 Å². The number of hydrogen-bond acceptors (Lipinski definition) is 8. The van der Waals surface area contributed by atoms with Crippen LogP contribution in [0.3, 0.4) is 0 Å². The van der Waals surface area contributed by atoms with Crippen molar-refractivity contribution in [3.8, 4) is 5.69 Å². The van der Waals surface area contributed by atoms with Crippen LogP contribution in [0.25, 0.3) is 5.69 Å². The fraction of sp³-hybridized carbons (Fsp3) is 0.316. The summed E-state index contributed by atoms with van der Waals surface area (Å²) in [5, 5.41) is 13.8. The summed E-state index contributed by atoms with van der Waals surface area (Å²) in [6, 6.07) is 4.01. The van der Waals surface area contributed by atoms with E-state index >= 15 is 0 Å². The minimum atomic E-state index is -0.680. The number of likely N-dealkylation sites (N-methyl/N-ethyl adjacent to an activating group) is 1. The van der Waals surface area contributed by atoms with Crippen molar-refractivity contribution >= 4 is 29.0 Å². The van der Waals surface area contributed by atoms with Crippen molar-refractivity contribution in [3.05, 3.63) is 55.4 Å². The number of pyridine rings is 1. The lowest BCUT2D eigenvalue weighted by Crippen LogP contribution is -2.44. The smallest absolute Gasteiger partial charge is 0.292 e. The number of hydrogen-bond donors (Lipinski definition) is 2. The van der Waals surface area contributed by atoms with Crippen LogP contribution in [0.15, 0.2) is 23.0 Å². The third kappa shape index (κ3) is 2.99. The van der Waals surface area contributed by atoms with E-state index < -0.39 is 22.3 Å². The van der Waals surface area contributed by atoms with E-state index in [1.54, 1.807) is 13.0 Å². The first-order valence-corrected chi connectivity index (χ1v) is 9.33. The zero-order valence-electron chi connectivity index (χ0n) is 16.5. The van der Waals surface area contributed by atoms with Gasteiger partial charge in [0.15, 0.2) is 0 Å². The molecule has 0 radical (unpaired) electrons. The van der Waals surface area contributed by atoms with Gasteiger partial charge in [-0.05, 0) is 25.6 Å². The summed E-state index contributed by atoms with van der Waals surface area (Å²) in [5.41, 5.74) is 6.46. The molecule has 2 aliphatic heterocycles. The Morgan fingerprint density at radius 2 is 1.70 bits per heavy atom. The zero-order chi connectivity index (χ0) is 21.7. The van der Waals surface area contributed by atoms with Gasteiger partial charge >= 0.3 is 0 Å². The number of carbonyl (C=O) groups excluding carboxylic acids is 2. The Kier molecular flexibility index (Phi) is 4.54. The van der Waals surface area contributed by atoms with Crippen LogP contribution < -0.4 is 21.5 Å². The maximum atomic E-state index is 12.8.